The van der Waals surface area contributed by atoms with E-state index < -0.39 is 0 Å². The molecule has 2 rings (SSSR count). The second-order valence-corrected chi connectivity index (χ2v) is 5.90. The van der Waals surface area contributed by atoms with Gasteiger partial charge in [0, 0.05) is 20.2 Å². The summed E-state index contributed by atoms with van der Waals surface area (Å²) < 4.78 is 15.2. The lowest BCUT2D eigenvalue weighted by molar-refractivity contribution is 0.631. The molecule has 0 saturated heterocycles. The van der Waals surface area contributed by atoms with Crippen molar-refractivity contribution in [3.8, 4) is 0 Å². The van der Waals surface area contributed by atoms with Gasteiger partial charge in [-0.05, 0) is 56.1 Å². The van der Waals surface area contributed by atoms with E-state index in [9.17, 15) is 4.39 Å². The first kappa shape index (κ1) is 14.4. The number of rotatable bonds is 3. The largest absolute Gasteiger partial charge is 0.389 e. The number of anilines is 2. The smallest absolute Gasteiger partial charge is 0.147 e. The average molecular weight is 404 g/mol. The Morgan fingerprint density at radius 1 is 1.11 bits per heavy atom. The van der Waals surface area contributed by atoms with Gasteiger partial charge in [-0.15, -0.1) is 0 Å². The number of benzene rings is 2. The summed E-state index contributed by atoms with van der Waals surface area (Å²) in [5.74, 6) is -0.358. The average Bonchev–Trinajstić information content (AvgIpc) is 2.33. The van der Waals surface area contributed by atoms with Gasteiger partial charge in [-0.2, -0.15) is 0 Å². The zero-order chi connectivity index (χ0) is 14.0. The monoisotopic (exact) mass is 402 g/mol. The number of hydrogen-bond donors (Lipinski definition) is 2. The van der Waals surface area contributed by atoms with Crippen molar-refractivity contribution in [3.05, 3.63) is 56.7 Å². The topological polar surface area (TPSA) is 38.0 Å². The van der Waals surface area contributed by atoms with Gasteiger partial charge in [0.1, 0.15) is 10.8 Å². The van der Waals surface area contributed by atoms with Gasteiger partial charge in [0.15, 0.2) is 0 Å². The summed E-state index contributed by atoms with van der Waals surface area (Å²) in [6.07, 6.45) is 0. The summed E-state index contributed by atoms with van der Waals surface area (Å²) in [4.78, 5) is 0.238. The van der Waals surface area contributed by atoms with Crippen molar-refractivity contribution in [2.24, 2.45) is 5.73 Å². The maximum atomic E-state index is 13.8. The van der Waals surface area contributed by atoms with Crippen LogP contribution in [-0.2, 0) is 0 Å². The van der Waals surface area contributed by atoms with E-state index in [1.807, 2.05) is 12.1 Å². The molecule has 0 bridgehead atoms. The first-order chi connectivity index (χ1) is 9.00. The molecular formula is C13H9Br2FN2S. The van der Waals surface area contributed by atoms with Gasteiger partial charge in [0.05, 0.1) is 5.69 Å². The predicted molar refractivity (Wildman–Crippen MR) is 87.4 cm³/mol. The Morgan fingerprint density at radius 2 is 1.74 bits per heavy atom. The van der Waals surface area contributed by atoms with Crippen molar-refractivity contribution < 1.29 is 4.39 Å². The lowest BCUT2D eigenvalue weighted by Gasteiger charge is -2.14. The lowest BCUT2D eigenvalue weighted by Crippen LogP contribution is -2.13. The van der Waals surface area contributed by atoms with Crippen molar-refractivity contribution in [3.63, 3.8) is 0 Å². The first-order valence-corrected chi connectivity index (χ1v) is 7.29. The Morgan fingerprint density at radius 3 is 2.37 bits per heavy atom. The predicted octanol–water partition coefficient (Wildman–Crippen LogP) is 4.73. The van der Waals surface area contributed by atoms with E-state index >= 15 is 0 Å². The summed E-state index contributed by atoms with van der Waals surface area (Å²) in [5, 5.41) is 3.01. The molecule has 19 heavy (non-hydrogen) atoms. The van der Waals surface area contributed by atoms with Gasteiger partial charge in [-0.1, -0.05) is 24.4 Å². The Balaban J connectivity index is 2.50. The van der Waals surface area contributed by atoms with Gasteiger partial charge in [-0.25, -0.2) is 4.39 Å². The van der Waals surface area contributed by atoms with E-state index in [1.165, 1.54) is 6.07 Å². The molecule has 0 aliphatic rings. The van der Waals surface area contributed by atoms with Crippen LogP contribution in [0.3, 0.4) is 0 Å². The van der Waals surface area contributed by atoms with Gasteiger partial charge in [0.25, 0.3) is 0 Å². The van der Waals surface area contributed by atoms with Crippen LogP contribution in [0.5, 0.6) is 0 Å². The summed E-state index contributed by atoms with van der Waals surface area (Å²) in [7, 11) is 0. The van der Waals surface area contributed by atoms with Gasteiger partial charge in [0.2, 0.25) is 0 Å². The second-order valence-electron chi connectivity index (χ2n) is 3.75. The minimum absolute atomic E-state index is 0.238. The minimum Gasteiger partial charge on any atom is -0.389 e. The van der Waals surface area contributed by atoms with Gasteiger partial charge < -0.3 is 11.1 Å². The zero-order valence-electron chi connectivity index (χ0n) is 9.58. The van der Waals surface area contributed by atoms with Crippen LogP contribution in [0.25, 0.3) is 0 Å². The van der Waals surface area contributed by atoms with E-state index in [0.29, 0.717) is 21.4 Å². The van der Waals surface area contributed by atoms with Gasteiger partial charge in [-0.3, -0.25) is 0 Å². The fourth-order valence-electron chi connectivity index (χ4n) is 1.63. The maximum Gasteiger partial charge on any atom is 0.147 e. The standard InChI is InChI=1S/C13H9Br2FN2S/c14-7-3-2-6-10(11(7)13(17)19)18-12-8(15)4-1-5-9(12)16/h1-6,18H,(H2,17,19). The van der Waals surface area contributed by atoms with Crippen LogP contribution in [0.2, 0.25) is 0 Å². The molecule has 0 aliphatic heterocycles. The van der Waals surface area contributed by atoms with Crippen LogP contribution in [0.4, 0.5) is 15.8 Å². The quantitative estimate of drug-likeness (QED) is 0.727. The van der Waals surface area contributed by atoms with E-state index in [1.54, 1.807) is 18.2 Å². The van der Waals surface area contributed by atoms with Crippen molar-refractivity contribution in [1.82, 2.24) is 0 Å². The summed E-state index contributed by atoms with van der Waals surface area (Å²) in [6.45, 7) is 0. The van der Waals surface area contributed by atoms with Crippen molar-refractivity contribution >= 4 is 60.4 Å². The van der Waals surface area contributed by atoms with Crippen LogP contribution in [0.1, 0.15) is 5.56 Å². The molecule has 0 atom stereocenters. The highest BCUT2D eigenvalue weighted by Crippen LogP contribution is 2.32. The molecular weight excluding hydrogens is 395 g/mol. The molecule has 6 heteroatoms. The highest BCUT2D eigenvalue weighted by atomic mass is 79.9. The van der Waals surface area contributed by atoms with Crippen LogP contribution in [-0.4, -0.2) is 4.99 Å². The molecule has 3 N–H and O–H groups in total. The summed E-state index contributed by atoms with van der Waals surface area (Å²) >= 11 is 11.7. The molecule has 2 aromatic rings. The molecule has 0 amide bonds. The Bertz CT molecular complexity index is 626. The molecule has 98 valence electrons. The number of hydrogen-bond acceptors (Lipinski definition) is 2. The molecule has 0 aromatic heterocycles. The van der Waals surface area contributed by atoms with E-state index in [2.05, 4.69) is 37.2 Å². The molecule has 0 aliphatic carbocycles. The molecule has 0 fully saturated rings. The SMILES string of the molecule is NC(=S)c1c(Br)cccc1Nc1c(F)cccc1Br. The fourth-order valence-corrected chi connectivity index (χ4v) is 3.00. The third-order valence-electron chi connectivity index (χ3n) is 2.48. The fraction of sp³-hybridized carbons (Fsp3) is 0. The highest BCUT2D eigenvalue weighted by Gasteiger charge is 2.12. The number of para-hydroxylation sites is 1. The molecule has 2 nitrogen and oxygen atoms in total. The lowest BCUT2D eigenvalue weighted by atomic mass is 10.1. The Labute approximate surface area is 132 Å². The van der Waals surface area contributed by atoms with Crippen molar-refractivity contribution in [2.45, 2.75) is 0 Å². The number of thiocarbonyl (C=S) groups is 1. The van der Waals surface area contributed by atoms with Crippen molar-refractivity contribution in [2.75, 3.05) is 5.32 Å². The normalized spacial score (nSPS) is 10.3. The number of nitrogens with two attached hydrogens (primary N) is 1. The Kier molecular flexibility index (Phi) is 4.54. The minimum atomic E-state index is -0.358. The summed E-state index contributed by atoms with van der Waals surface area (Å²) in [6, 6.07) is 10.2. The molecule has 0 heterocycles. The molecule has 0 radical (unpaired) electrons. The van der Waals surface area contributed by atoms with E-state index in [4.69, 9.17) is 18.0 Å². The van der Waals surface area contributed by atoms with E-state index in [-0.39, 0.29) is 10.8 Å². The third-order valence-corrected chi connectivity index (χ3v) is 4.01. The zero-order valence-corrected chi connectivity index (χ0v) is 13.6. The number of nitrogens with one attached hydrogen (secondary N) is 1. The van der Waals surface area contributed by atoms with Crippen LogP contribution in [0, 0.1) is 5.82 Å². The van der Waals surface area contributed by atoms with E-state index in [0.717, 1.165) is 4.47 Å². The third kappa shape index (κ3) is 3.13. The number of halogens is 3. The Hall–Kier alpha value is -0.980. The highest BCUT2D eigenvalue weighted by molar-refractivity contribution is 9.11. The van der Waals surface area contributed by atoms with Crippen LogP contribution < -0.4 is 11.1 Å². The summed E-state index contributed by atoms with van der Waals surface area (Å²) in [5.41, 5.74) is 7.34. The molecule has 0 unspecified atom stereocenters. The van der Waals surface area contributed by atoms with Crippen LogP contribution in [0.15, 0.2) is 45.3 Å². The first-order valence-electron chi connectivity index (χ1n) is 5.30. The van der Waals surface area contributed by atoms with Crippen molar-refractivity contribution in [1.29, 1.82) is 0 Å². The molecule has 2 aromatic carbocycles. The van der Waals surface area contributed by atoms with Gasteiger partial charge >= 0.3 is 0 Å². The maximum absolute atomic E-state index is 13.8. The van der Waals surface area contributed by atoms with Crippen LogP contribution >= 0.6 is 44.1 Å². The second kappa shape index (κ2) is 5.98. The molecule has 0 saturated carbocycles. The molecule has 0 spiro atoms.